The minimum absolute atomic E-state index is 0.551. The van der Waals surface area contributed by atoms with Gasteiger partial charge in [0, 0.05) is 0 Å². The monoisotopic (exact) mass is 242 g/mol. The van der Waals surface area contributed by atoms with Gasteiger partial charge in [0.25, 0.3) is 0 Å². The Kier molecular flexibility index (Phi) is 16.0. The van der Waals surface area contributed by atoms with E-state index in [1.165, 1.54) is 64.2 Å². The normalized spacial score (nSPS) is 10.9. The third kappa shape index (κ3) is 25.9. The number of hydrogen-bond donors (Lipinski definition) is 0. The Morgan fingerprint density at radius 1 is 0.529 bits per heavy atom. The van der Waals surface area contributed by atoms with E-state index in [0.717, 1.165) is 0 Å². The van der Waals surface area contributed by atoms with Gasteiger partial charge in [0.2, 0.25) is 0 Å². The van der Waals surface area contributed by atoms with Gasteiger partial charge >= 0.3 is 0 Å². The molecule has 0 N–H and O–H groups in total. The average Bonchev–Trinajstić information content (AvgIpc) is 2.24. The summed E-state index contributed by atoms with van der Waals surface area (Å²) in [7, 11) is 0. The molecule has 0 amide bonds. The van der Waals surface area contributed by atoms with Crippen molar-refractivity contribution in [2.75, 3.05) is 0 Å². The molecule has 0 atom stereocenters. The van der Waals surface area contributed by atoms with E-state index >= 15 is 0 Å². The first-order valence-corrected chi connectivity index (χ1v) is 7.97. The molecule has 0 aromatic rings. The molecule has 0 rings (SSSR count). The van der Waals surface area contributed by atoms with Crippen LogP contribution in [-0.4, -0.2) is 0 Å². The van der Waals surface area contributed by atoms with Crippen LogP contribution >= 0.6 is 0 Å². The maximum atomic E-state index is 2.31. The fourth-order valence-corrected chi connectivity index (χ4v) is 1.76. The van der Waals surface area contributed by atoms with Gasteiger partial charge in [0.1, 0.15) is 0 Å². The van der Waals surface area contributed by atoms with Crippen molar-refractivity contribution in [1.29, 1.82) is 0 Å². The minimum Gasteiger partial charge on any atom is -0.0654 e. The van der Waals surface area contributed by atoms with E-state index in [2.05, 4.69) is 41.5 Å². The zero-order valence-electron chi connectivity index (χ0n) is 13.6. The number of rotatable bonds is 8. The summed E-state index contributed by atoms with van der Waals surface area (Å²) in [4.78, 5) is 0. The lowest BCUT2D eigenvalue weighted by molar-refractivity contribution is 0.359. The van der Waals surface area contributed by atoms with Crippen LogP contribution in [0.5, 0.6) is 0 Å². The van der Waals surface area contributed by atoms with Gasteiger partial charge in [-0.2, -0.15) is 0 Å². The summed E-state index contributed by atoms with van der Waals surface area (Å²) in [5.41, 5.74) is 0.551. The smallest absolute Gasteiger partial charge is 0.0383 e. The Labute approximate surface area is 112 Å². The first-order chi connectivity index (χ1) is 7.97. The van der Waals surface area contributed by atoms with Crippen LogP contribution in [0.2, 0.25) is 0 Å². The van der Waals surface area contributed by atoms with Crippen molar-refractivity contribution in [1.82, 2.24) is 0 Å². The van der Waals surface area contributed by atoms with E-state index in [0.29, 0.717) is 5.41 Å². The van der Waals surface area contributed by atoms with Crippen LogP contribution in [0.25, 0.3) is 0 Å². The highest BCUT2D eigenvalue weighted by atomic mass is 14.1. The van der Waals surface area contributed by atoms with E-state index < -0.39 is 0 Å². The second-order valence-corrected chi connectivity index (χ2v) is 6.43. The third-order valence-corrected chi connectivity index (χ3v) is 2.99. The van der Waals surface area contributed by atoms with Gasteiger partial charge in [-0.05, 0) is 11.8 Å². The van der Waals surface area contributed by atoms with Crippen LogP contribution in [0.15, 0.2) is 0 Å². The van der Waals surface area contributed by atoms with Crippen molar-refractivity contribution < 1.29 is 0 Å². The van der Waals surface area contributed by atoms with Crippen LogP contribution < -0.4 is 0 Å². The first-order valence-electron chi connectivity index (χ1n) is 7.97. The molecule has 0 saturated heterocycles. The van der Waals surface area contributed by atoms with E-state index in [-0.39, 0.29) is 0 Å². The van der Waals surface area contributed by atoms with Crippen molar-refractivity contribution in [3.63, 3.8) is 0 Å². The molecule has 0 aromatic carbocycles. The lowest BCUT2D eigenvalue weighted by Gasteiger charge is -2.16. The minimum atomic E-state index is 0.551. The van der Waals surface area contributed by atoms with E-state index in [9.17, 15) is 0 Å². The predicted molar refractivity (Wildman–Crippen MR) is 82.6 cm³/mol. The van der Waals surface area contributed by atoms with Crippen molar-refractivity contribution in [2.45, 2.75) is 106 Å². The molecular weight excluding hydrogens is 204 g/mol. The van der Waals surface area contributed by atoms with E-state index in [4.69, 9.17) is 0 Å². The van der Waals surface area contributed by atoms with Gasteiger partial charge in [-0.15, -0.1) is 0 Å². The molecule has 0 saturated carbocycles. The standard InChI is InChI=1S/C9H20.C8H18/c1-5-6-7-8-9(2,3)4;1-3-5-7-8-6-4-2/h5-8H2,1-4H3;3-8H2,1-2H3. The topological polar surface area (TPSA) is 0 Å². The van der Waals surface area contributed by atoms with Crippen LogP contribution in [-0.2, 0) is 0 Å². The zero-order chi connectivity index (χ0) is 13.6. The summed E-state index contributed by atoms with van der Waals surface area (Å²) in [5.74, 6) is 0. The van der Waals surface area contributed by atoms with Gasteiger partial charge in [-0.25, -0.2) is 0 Å². The Hall–Kier alpha value is 0. The Morgan fingerprint density at radius 2 is 0.882 bits per heavy atom. The molecule has 0 heterocycles. The fraction of sp³-hybridized carbons (Fsp3) is 1.00. The number of unbranched alkanes of at least 4 members (excludes halogenated alkanes) is 7. The van der Waals surface area contributed by atoms with Crippen LogP contribution in [0.1, 0.15) is 106 Å². The van der Waals surface area contributed by atoms with Gasteiger partial charge in [-0.3, -0.25) is 0 Å². The van der Waals surface area contributed by atoms with Crippen LogP contribution in [0, 0.1) is 5.41 Å². The quantitative estimate of drug-likeness (QED) is 0.403. The Bertz CT molecular complexity index is 112. The maximum Gasteiger partial charge on any atom is -0.0383 e. The highest BCUT2D eigenvalue weighted by Gasteiger charge is 2.07. The summed E-state index contributed by atoms with van der Waals surface area (Å²) in [6, 6.07) is 0. The summed E-state index contributed by atoms with van der Waals surface area (Å²) in [5, 5.41) is 0. The molecule has 0 nitrogen and oxygen atoms in total. The summed E-state index contributed by atoms with van der Waals surface area (Å²) >= 11 is 0. The van der Waals surface area contributed by atoms with Crippen LogP contribution in [0.4, 0.5) is 0 Å². The SMILES string of the molecule is CCCCCC(C)(C)C.CCCCCCCC. The van der Waals surface area contributed by atoms with Crippen molar-refractivity contribution >= 4 is 0 Å². The lowest BCUT2D eigenvalue weighted by Crippen LogP contribution is -2.03. The summed E-state index contributed by atoms with van der Waals surface area (Å²) in [6.07, 6.45) is 14.0. The Balaban J connectivity index is 0. The molecule has 0 fully saturated rings. The molecule has 0 aromatic heterocycles. The molecule has 0 aliphatic heterocycles. The van der Waals surface area contributed by atoms with Gasteiger partial charge in [0.15, 0.2) is 0 Å². The molecule has 0 unspecified atom stereocenters. The highest BCUT2D eigenvalue weighted by molar-refractivity contribution is 4.60. The molecule has 17 heavy (non-hydrogen) atoms. The largest absolute Gasteiger partial charge is 0.0654 e. The highest BCUT2D eigenvalue weighted by Crippen LogP contribution is 2.21. The molecule has 106 valence electrons. The van der Waals surface area contributed by atoms with Crippen molar-refractivity contribution in [2.24, 2.45) is 5.41 Å². The molecule has 0 aliphatic rings. The number of hydrogen-bond acceptors (Lipinski definition) is 0. The summed E-state index contributed by atoms with van der Waals surface area (Å²) < 4.78 is 0. The average molecular weight is 242 g/mol. The maximum absolute atomic E-state index is 2.31. The predicted octanol–water partition coefficient (Wildman–Crippen LogP) is 6.98. The van der Waals surface area contributed by atoms with Gasteiger partial charge in [-0.1, -0.05) is 99.3 Å². The van der Waals surface area contributed by atoms with E-state index in [1.807, 2.05) is 0 Å². The van der Waals surface area contributed by atoms with Crippen molar-refractivity contribution in [3.8, 4) is 0 Å². The fourth-order valence-electron chi connectivity index (χ4n) is 1.76. The van der Waals surface area contributed by atoms with Gasteiger partial charge in [0.05, 0.1) is 0 Å². The Morgan fingerprint density at radius 3 is 1.18 bits per heavy atom. The second kappa shape index (κ2) is 14.1. The zero-order valence-corrected chi connectivity index (χ0v) is 13.6. The molecule has 0 spiro atoms. The van der Waals surface area contributed by atoms with Crippen molar-refractivity contribution in [3.05, 3.63) is 0 Å². The van der Waals surface area contributed by atoms with Crippen LogP contribution in [0.3, 0.4) is 0 Å². The van der Waals surface area contributed by atoms with Gasteiger partial charge < -0.3 is 0 Å². The molecule has 0 aliphatic carbocycles. The first kappa shape index (κ1) is 19.3. The molecular formula is C17H38. The lowest BCUT2D eigenvalue weighted by atomic mass is 9.90. The van der Waals surface area contributed by atoms with E-state index in [1.54, 1.807) is 0 Å². The summed E-state index contributed by atoms with van der Waals surface area (Å²) in [6.45, 7) is 13.7. The third-order valence-electron chi connectivity index (χ3n) is 2.99. The molecule has 0 bridgehead atoms. The molecule has 0 heteroatoms. The second-order valence-electron chi connectivity index (χ2n) is 6.43. The molecule has 0 radical (unpaired) electrons.